The van der Waals surface area contributed by atoms with Crippen molar-refractivity contribution in [1.29, 1.82) is 0 Å². The lowest BCUT2D eigenvalue weighted by Crippen LogP contribution is -2.25. The van der Waals surface area contributed by atoms with E-state index in [4.69, 9.17) is 16.4 Å². The van der Waals surface area contributed by atoms with Gasteiger partial charge in [0.15, 0.2) is 8.68 Å². The van der Waals surface area contributed by atoms with Gasteiger partial charge in [0.1, 0.15) is 0 Å². The summed E-state index contributed by atoms with van der Waals surface area (Å²) in [7, 11) is -3.67. The van der Waals surface area contributed by atoms with Crippen LogP contribution in [0, 0.1) is 12.8 Å². The SMILES string of the molecule is Cc1nc(Cl)sc1S(=O)(=O)NOCC(C)C. The van der Waals surface area contributed by atoms with E-state index < -0.39 is 10.0 Å². The first kappa shape index (κ1) is 13.9. The van der Waals surface area contributed by atoms with Crippen LogP contribution < -0.4 is 4.89 Å². The summed E-state index contributed by atoms with van der Waals surface area (Å²) in [6, 6.07) is 0. The first-order valence-corrected chi connectivity index (χ1v) is 7.27. The molecule has 8 heteroatoms. The Morgan fingerprint density at radius 3 is 2.62 bits per heavy atom. The van der Waals surface area contributed by atoms with Crippen molar-refractivity contribution < 1.29 is 13.3 Å². The van der Waals surface area contributed by atoms with Gasteiger partial charge in [0.25, 0.3) is 10.0 Å². The Bertz CT molecular complexity index is 456. The highest BCUT2D eigenvalue weighted by atomic mass is 35.5. The van der Waals surface area contributed by atoms with Crippen molar-refractivity contribution in [2.24, 2.45) is 5.92 Å². The number of hydrogen-bond acceptors (Lipinski definition) is 5. The maximum atomic E-state index is 11.7. The quantitative estimate of drug-likeness (QED) is 0.840. The van der Waals surface area contributed by atoms with Crippen LogP contribution >= 0.6 is 22.9 Å². The molecular weight excluding hydrogens is 272 g/mol. The van der Waals surface area contributed by atoms with E-state index in [9.17, 15) is 8.42 Å². The van der Waals surface area contributed by atoms with E-state index in [0.717, 1.165) is 11.3 Å². The van der Waals surface area contributed by atoms with E-state index in [2.05, 4.69) is 4.98 Å². The summed E-state index contributed by atoms with van der Waals surface area (Å²) in [4.78, 5) is 10.8. The van der Waals surface area contributed by atoms with Crippen molar-refractivity contribution in [3.63, 3.8) is 0 Å². The number of aromatic nitrogens is 1. The second-order valence-electron chi connectivity index (χ2n) is 3.63. The van der Waals surface area contributed by atoms with Gasteiger partial charge < -0.3 is 0 Å². The number of aryl methyl sites for hydroxylation is 1. The van der Waals surface area contributed by atoms with Crippen molar-refractivity contribution in [3.05, 3.63) is 10.2 Å². The van der Waals surface area contributed by atoms with Crippen LogP contribution in [0.15, 0.2) is 4.21 Å². The molecule has 5 nitrogen and oxygen atoms in total. The van der Waals surface area contributed by atoms with Gasteiger partial charge in [-0.15, -0.1) is 0 Å². The monoisotopic (exact) mass is 284 g/mol. The van der Waals surface area contributed by atoms with Crippen molar-refractivity contribution >= 4 is 33.0 Å². The Hall–Kier alpha value is -0.210. The van der Waals surface area contributed by atoms with Gasteiger partial charge in [-0.1, -0.05) is 41.7 Å². The molecule has 0 radical (unpaired) electrons. The van der Waals surface area contributed by atoms with Crippen LogP contribution in [0.5, 0.6) is 0 Å². The lowest BCUT2D eigenvalue weighted by atomic mass is 10.2. The average molecular weight is 285 g/mol. The van der Waals surface area contributed by atoms with E-state index in [1.54, 1.807) is 6.92 Å². The lowest BCUT2D eigenvalue weighted by Gasteiger charge is -2.07. The molecule has 0 aliphatic carbocycles. The van der Waals surface area contributed by atoms with Crippen LogP contribution in [0.3, 0.4) is 0 Å². The Morgan fingerprint density at radius 2 is 2.19 bits per heavy atom. The van der Waals surface area contributed by atoms with Gasteiger partial charge in [-0.3, -0.25) is 4.84 Å². The van der Waals surface area contributed by atoms with Crippen molar-refractivity contribution in [3.8, 4) is 0 Å². The molecule has 0 bridgehead atoms. The van der Waals surface area contributed by atoms with Gasteiger partial charge in [0.2, 0.25) is 0 Å². The molecule has 0 aliphatic rings. The number of hydrogen-bond donors (Lipinski definition) is 1. The van der Waals surface area contributed by atoms with Crippen LogP contribution in [-0.4, -0.2) is 20.0 Å². The summed E-state index contributed by atoms with van der Waals surface area (Å²) in [6.07, 6.45) is 0. The minimum Gasteiger partial charge on any atom is -0.287 e. The third kappa shape index (κ3) is 3.67. The molecule has 92 valence electrons. The number of nitrogens with one attached hydrogen (secondary N) is 1. The second-order valence-corrected chi connectivity index (χ2v) is 7.05. The molecule has 0 fully saturated rings. The topological polar surface area (TPSA) is 68.3 Å². The number of halogens is 1. The second kappa shape index (κ2) is 5.42. The fraction of sp³-hybridized carbons (Fsp3) is 0.625. The summed E-state index contributed by atoms with van der Waals surface area (Å²) in [5.41, 5.74) is 0.371. The van der Waals surface area contributed by atoms with Gasteiger partial charge in [0.05, 0.1) is 12.3 Å². The standard InChI is InChI=1S/C8H13ClN2O3S2/c1-5(2)4-14-11-16(12,13)7-6(3)10-8(9)15-7/h5,11H,4H2,1-3H3. The minimum atomic E-state index is -3.67. The normalized spacial score (nSPS) is 12.3. The molecule has 1 aromatic rings. The summed E-state index contributed by atoms with van der Waals surface area (Å²) in [5.74, 6) is 0.244. The Labute approximate surface area is 104 Å². The molecule has 1 N–H and O–H groups in total. The van der Waals surface area contributed by atoms with Crippen molar-refractivity contribution in [2.45, 2.75) is 25.0 Å². The smallest absolute Gasteiger partial charge is 0.273 e. The molecule has 1 heterocycles. The lowest BCUT2D eigenvalue weighted by molar-refractivity contribution is 0.0720. The van der Waals surface area contributed by atoms with Gasteiger partial charge in [-0.05, 0) is 12.8 Å². The molecule has 0 amide bonds. The first-order valence-electron chi connectivity index (χ1n) is 4.59. The van der Waals surface area contributed by atoms with Crippen LogP contribution in [0.1, 0.15) is 19.5 Å². The highest BCUT2D eigenvalue weighted by molar-refractivity contribution is 7.91. The Morgan fingerprint density at radius 1 is 1.56 bits per heavy atom. The third-order valence-electron chi connectivity index (χ3n) is 1.56. The van der Waals surface area contributed by atoms with Crippen LogP contribution in [0.4, 0.5) is 0 Å². The van der Waals surface area contributed by atoms with Crippen LogP contribution in [-0.2, 0) is 14.9 Å². The van der Waals surface area contributed by atoms with Gasteiger partial charge in [-0.2, -0.15) is 0 Å². The molecule has 0 atom stereocenters. The Kier molecular flexibility index (Phi) is 4.69. The number of nitrogens with zero attached hydrogens (tertiary/aromatic N) is 1. The first-order chi connectivity index (χ1) is 7.33. The van der Waals surface area contributed by atoms with Gasteiger partial charge in [0, 0.05) is 0 Å². The zero-order chi connectivity index (χ0) is 12.3. The van der Waals surface area contributed by atoms with Gasteiger partial charge >= 0.3 is 0 Å². The molecule has 1 rings (SSSR count). The van der Waals surface area contributed by atoms with E-state index in [1.807, 2.05) is 18.7 Å². The average Bonchev–Trinajstić information content (AvgIpc) is 2.44. The molecule has 0 saturated heterocycles. The van der Waals surface area contributed by atoms with Crippen molar-refractivity contribution in [2.75, 3.05) is 6.61 Å². The predicted molar refractivity (Wildman–Crippen MR) is 63.0 cm³/mol. The summed E-state index contributed by atoms with van der Waals surface area (Å²) in [5, 5.41) is 0. The maximum Gasteiger partial charge on any atom is 0.273 e. The number of sulfonamides is 1. The number of rotatable bonds is 5. The fourth-order valence-corrected chi connectivity index (χ4v) is 3.45. The van der Waals surface area contributed by atoms with Crippen LogP contribution in [0.2, 0.25) is 4.47 Å². The highest BCUT2D eigenvalue weighted by Gasteiger charge is 2.21. The zero-order valence-electron chi connectivity index (χ0n) is 9.15. The zero-order valence-corrected chi connectivity index (χ0v) is 11.5. The van der Waals surface area contributed by atoms with E-state index >= 15 is 0 Å². The predicted octanol–water partition coefficient (Wildman–Crippen LogP) is 1.97. The van der Waals surface area contributed by atoms with Crippen molar-refractivity contribution in [1.82, 2.24) is 9.87 Å². The fourth-order valence-electron chi connectivity index (χ4n) is 0.916. The number of thiazole rings is 1. The largest absolute Gasteiger partial charge is 0.287 e. The summed E-state index contributed by atoms with van der Waals surface area (Å²) in [6.45, 7) is 5.73. The molecule has 16 heavy (non-hydrogen) atoms. The molecule has 0 saturated carbocycles. The summed E-state index contributed by atoms with van der Waals surface area (Å²) < 4.78 is 23.7. The van der Waals surface area contributed by atoms with E-state index in [1.165, 1.54) is 0 Å². The molecular formula is C8H13ClN2O3S2. The minimum absolute atomic E-state index is 0.0845. The van der Waals surface area contributed by atoms with Crippen LogP contribution in [0.25, 0.3) is 0 Å². The van der Waals surface area contributed by atoms with E-state index in [0.29, 0.717) is 12.3 Å². The Balaban J connectivity index is 2.75. The highest BCUT2D eigenvalue weighted by Crippen LogP contribution is 2.26. The summed E-state index contributed by atoms with van der Waals surface area (Å²) >= 11 is 6.53. The molecule has 0 aromatic carbocycles. The molecule has 0 unspecified atom stereocenters. The molecule has 0 aliphatic heterocycles. The molecule has 1 aromatic heterocycles. The maximum absolute atomic E-state index is 11.7. The third-order valence-corrected chi connectivity index (χ3v) is 4.64. The van der Waals surface area contributed by atoms with E-state index in [-0.39, 0.29) is 14.6 Å². The molecule has 0 spiro atoms. The van der Waals surface area contributed by atoms with Gasteiger partial charge in [-0.25, -0.2) is 13.4 Å².